The van der Waals surface area contributed by atoms with Crippen molar-refractivity contribution in [1.82, 2.24) is 23.1 Å². The van der Waals surface area contributed by atoms with Gasteiger partial charge >= 0.3 is 5.69 Å². The molecule has 8 heteroatoms. The summed E-state index contributed by atoms with van der Waals surface area (Å²) in [6.07, 6.45) is 1.87. The average Bonchev–Trinajstić information content (AvgIpc) is 3.34. The third kappa shape index (κ3) is 3.06. The molecule has 166 valence electrons. The molecule has 2 aromatic carbocycles. The van der Waals surface area contributed by atoms with Crippen molar-refractivity contribution < 1.29 is 4.79 Å². The van der Waals surface area contributed by atoms with Gasteiger partial charge in [0.15, 0.2) is 11.2 Å². The Hall–Kier alpha value is -4.20. The van der Waals surface area contributed by atoms with Gasteiger partial charge in [0.05, 0.1) is 17.9 Å². The molecule has 5 rings (SSSR count). The van der Waals surface area contributed by atoms with Crippen LogP contribution in [0.4, 0.5) is 0 Å². The number of rotatable bonds is 4. The average molecular weight is 441 g/mol. The maximum atomic E-state index is 13.4. The summed E-state index contributed by atoms with van der Waals surface area (Å²) in [7, 11) is 1.56. The summed E-state index contributed by atoms with van der Waals surface area (Å²) in [5.74, 6) is 0.248. The normalized spacial score (nSPS) is 11.5. The fraction of sp³-hybridized carbons (Fsp3) is 0.200. The van der Waals surface area contributed by atoms with E-state index in [1.807, 2.05) is 73.1 Å². The van der Waals surface area contributed by atoms with Gasteiger partial charge in [-0.25, -0.2) is 4.79 Å². The van der Waals surface area contributed by atoms with E-state index in [4.69, 9.17) is 4.98 Å². The molecule has 8 nitrogen and oxygen atoms in total. The largest absolute Gasteiger partial charge is 0.332 e. The number of aryl methyl sites for hydroxylation is 2. The molecular formula is C25H23N5O3. The number of carbonyl (C=O) groups is 1. The first-order valence-electron chi connectivity index (χ1n) is 10.6. The SMILES string of the molecule is CC(=O)Cn1c(=O)c2c(nc3n(-c4cccc(C)c4C)c(-c4ccccc4)cn23)n(C)c1=O. The summed E-state index contributed by atoms with van der Waals surface area (Å²) in [5, 5.41) is 0. The molecule has 0 N–H and O–H groups in total. The van der Waals surface area contributed by atoms with Gasteiger partial charge in [-0.2, -0.15) is 4.98 Å². The van der Waals surface area contributed by atoms with Gasteiger partial charge in [0.1, 0.15) is 5.78 Å². The molecule has 33 heavy (non-hydrogen) atoms. The van der Waals surface area contributed by atoms with E-state index in [1.54, 1.807) is 11.4 Å². The molecule has 0 aliphatic heterocycles. The lowest BCUT2D eigenvalue weighted by Gasteiger charge is -2.13. The second kappa shape index (κ2) is 7.44. The standard InChI is InChI=1S/C25H23N5O3/c1-15-9-8-12-19(17(15)3)30-20(18-10-6-5-7-11-18)14-28-21-22(26-24(28)30)27(4)25(33)29(23(21)32)13-16(2)31/h5-12,14H,13H2,1-4H3. The Morgan fingerprint density at radius 1 is 1.00 bits per heavy atom. The second-order valence-corrected chi connectivity index (χ2v) is 8.32. The zero-order valence-electron chi connectivity index (χ0n) is 18.9. The Balaban J connectivity index is 1.97. The molecule has 3 heterocycles. The highest BCUT2D eigenvalue weighted by atomic mass is 16.2. The van der Waals surface area contributed by atoms with E-state index in [9.17, 15) is 14.4 Å². The van der Waals surface area contributed by atoms with Crippen LogP contribution in [0.2, 0.25) is 0 Å². The lowest BCUT2D eigenvalue weighted by molar-refractivity contribution is -0.117. The Bertz CT molecular complexity index is 1680. The maximum absolute atomic E-state index is 13.4. The molecule has 0 aliphatic carbocycles. The molecule has 0 aliphatic rings. The van der Waals surface area contributed by atoms with Crippen LogP contribution < -0.4 is 11.2 Å². The van der Waals surface area contributed by atoms with Crippen LogP contribution in [0, 0.1) is 13.8 Å². The van der Waals surface area contributed by atoms with Crippen molar-refractivity contribution in [3.8, 4) is 16.9 Å². The zero-order valence-corrected chi connectivity index (χ0v) is 18.9. The van der Waals surface area contributed by atoms with E-state index in [1.165, 1.54) is 11.5 Å². The summed E-state index contributed by atoms with van der Waals surface area (Å²) >= 11 is 0. The van der Waals surface area contributed by atoms with Gasteiger partial charge < -0.3 is 0 Å². The fourth-order valence-electron chi connectivity index (χ4n) is 4.29. The number of hydrogen-bond donors (Lipinski definition) is 0. The molecular weight excluding hydrogens is 418 g/mol. The van der Waals surface area contributed by atoms with Gasteiger partial charge in [0, 0.05) is 18.8 Å². The van der Waals surface area contributed by atoms with Crippen LogP contribution in [0.25, 0.3) is 33.9 Å². The zero-order chi connectivity index (χ0) is 23.4. The maximum Gasteiger partial charge on any atom is 0.332 e. The Labute approximate surface area is 189 Å². The van der Waals surface area contributed by atoms with Gasteiger partial charge in [0.25, 0.3) is 5.56 Å². The number of hydrogen-bond acceptors (Lipinski definition) is 4. The molecule has 0 spiro atoms. The second-order valence-electron chi connectivity index (χ2n) is 8.32. The van der Waals surface area contributed by atoms with Crippen LogP contribution in [0.15, 0.2) is 64.3 Å². The van der Waals surface area contributed by atoms with Gasteiger partial charge in [-0.15, -0.1) is 0 Å². The van der Waals surface area contributed by atoms with Crippen LogP contribution in [-0.2, 0) is 18.4 Å². The van der Waals surface area contributed by atoms with Crippen molar-refractivity contribution in [2.45, 2.75) is 27.3 Å². The van der Waals surface area contributed by atoms with E-state index >= 15 is 0 Å². The monoisotopic (exact) mass is 441 g/mol. The molecule has 0 radical (unpaired) electrons. The molecule has 5 aromatic rings. The number of imidazole rings is 2. The molecule has 0 amide bonds. The van der Waals surface area contributed by atoms with Crippen molar-refractivity contribution in [2.75, 3.05) is 0 Å². The predicted molar refractivity (Wildman–Crippen MR) is 127 cm³/mol. The van der Waals surface area contributed by atoms with Crippen LogP contribution in [0.5, 0.6) is 0 Å². The Morgan fingerprint density at radius 2 is 1.73 bits per heavy atom. The molecule has 0 bridgehead atoms. The van der Waals surface area contributed by atoms with Gasteiger partial charge in [-0.3, -0.25) is 27.7 Å². The number of nitrogens with zero attached hydrogens (tertiary/aromatic N) is 5. The van der Waals surface area contributed by atoms with Crippen LogP contribution in [0.3, 0.4) is 0 Å². The predicted octanol–water partition coefficient (Wildman–Crippen LogP) is 3.01. The van der Waals surface area contributed by atoms with E-state index < -0.39 is 11.2 Å². The first-order chi connectivity index (χ1) is 15.8. The van der Waals surface area contributed by atoms with Crippen molar-refractivity contribution >= 4 is 22.7 Å². The summed E-state index contributed by atoms with van der Waals surface area (Å²) in [6, 6.07) is 15.9. The lowest BCUT2D eigenvalue weighted by Crippen LogP contribution is -2.40. The molecule has 0 unspecified atom stereocenters. The van der Waals surface area contributed by atoms with Gasteiger partial charge in [-0.05, 0) is 38.0 Å². The Kier molecular flexibility index (Phi) is 4.67. The van der Waals surface area contributed by atoms with Crippen LogP contribution in [0.1, 0.15) is 18.1 Å². The van der Waals surface area contributed by atoms with E-state index in [2.05, 4.69) is 0 Å². The topological polar surface area (TPSA) is 83.3 Å². The highest BCUT2D eigenvalue weighted by Gasteiger charge is 2.23. The third-order valence-corrected chi connectivity index (χ3v) is 6.12. The quantitative estimate of drug-likeness (QED) is 0.429. The lowest BCUT2D eigenvalue weighted by atomic mass is 10.1. The van der Waals surface area contributed by atoms with E-state index in [-0.39, 0.29) is 23.5 Å². The van der Waals surface area contributed by atoms with E-state index in [0.29, 0.717) is 5.78 Å². The first kappa shape index (κ1) is 20.7. The molecule has 0 atom stereocenters. The number of Topliss-reactive ketones (excluding diaryl/α,β-unsaturated/α-hetero) is 1. The van der Waals surface area contributed by atoms with Gasteiger partial charge in [0.2, 0.25) is 5.78 Å². The molecule has 3 aromatic heterocycles. The summed E-state index contributed by atoms with van der Waals surface area (Å²) in [4.78, 5) is 42.6. The molecule has 0 saturated carbocycles. The van der Waals surface area contributed by atoms with Crippen molar-refractivity contribution in [3.63, 3.8) is 0 Å². The number of ketones is 1. The first-order valence-corrected chi connectivity index (χ1v) is 10.6. The fourth-order valence-corrected chi connectivity index (χ4v) is 4.29. The number of benzene rings is 2. The van der Waals surface area contributed by atoms with E-state index in [0.717, 1.165) is 32.6 Å². The van der Waals surface area contributed by atoms with Crippen LogP contribution in [-0.4, -0.2) is 28.9 Å². The number of fused-ring (bicyclic) bond motifs is 3. The molecule has 0 saturated heterocycles. The molecule has 0 fully saturated rings. The minimum absolute atomic E-state index is 0.259. The van der Waals surface area contributed by atoms with Crippen molar-refractivity contribution in [1.29, 1.82) is 0 Å². The van der Waals surface area contributed by atoms with Crippen molar-refractivity contribution in [2.24, 2.45) is 7.05 Å². The summed E-state index contributed by atoms with van der Waals surface area (Å²) < 4.78 is 6.02. The van der Waals surface area contributed by atoms with Crippen molar-refractivity contribution in [3.05, 3.63) is 86.7 Å². The third-order valence-electron chi connectivity index (χ3n) is 6.12. The highest BCUT2D eigenvalue weighted by molar-refractivity contribution is 5.80. The highest BCUT2D eigenvalue weighted by Crippen LogP contribution is 2.30. The summed E-state index contributed by atoms with van der Waals surface area (Å²) in [6.45, 7) is 5.17. The minimum Gasteiger partial charge on any atom is -0.298 e. The van der Waals surface area contributed by atoms with Gasteiger partial charge in [-0.1, -0.05) is 42.5 Å². The number of carbonyl (C=O) groups excluding carboxylic acids is 1. The number of aromatic nitrogens is 5. The minimum atomic E-state index is -0.565. The Morgan fingerprint density at radius 3 is 2.42 bits per heavy atom. The smallest absolute Gasteiger partial charge is 0.298 e. The van der Waals surface area contributed by atoms with Crippen LogP contribution >= 0.6 is 0 Å². The summed E-state index contributed by atoms with van der Waals surface area (Å²) in [5.41, 5.74) is 4.42.